The van der Waals surface area contributed by atoms with E-state index in [1.54, 1.807) is 30.5 Å². The molecular formula is C26H25N5O4. The Morgan fingerprint density at radius 1 is 1.03 bits per heavy atom. The Balaban J connectivity index is 1.35. The van der Waals surface area contributed by atoms with E-state index >= 15 is 0 Å². The molecular weight excluding hydrogens is 446 g/mol. The average Bonchev–Trinajstić information content (AvgIpc) is 3.35. The maximum atomic E-state index is 13.4. The summed E-state index contributed by atoms with van der Waals surface area (Å²) in [4.78, 5) is 37.6. The quantitative estimate of drug-likeness (QED) is 0.304. The first-order valence-electron chi connectivity index (χ1n) is 11.4. The van der Waals surface area contributed by atoms with Crippen LogP contribution in [0.2, 0.25) is 0 Å². The third-order valence-corrected chi connectivity index (χ3v) is 6.07. The number of aliphatic hydroxyl groups is 1. The number of fused-ring (bicyclic) bond motifs is 1. The van der Waals surface area contributed by atoms with Gasteiger partial charge in [-0.15, -0.1) is 0 Å². The Morgan fingerprint density at radius 3 is 2.51 bits per heavy atom. The van der Waals surface area contributed by atoms with Crippen LogP contribution in [0.15, 0.2) is 67.1 Å². The molecule has 1 aliphatic rings. The number of aromatic amines is 1. The molecule has 1 saturated heterocycles. The molecule has 2 aromatic carbocycles. The Labute approximate surface area is 201 Å². The van der Waals surface area contributed by atoms with Gasteiger partial charge >= 0.3 is 0 Å². The molecule has 1 amide bonds. The number of amides is 1. The third-order valence-electron chi connectivity index (χ3n) is 6.07. The fourth-order valence-electron chi connectivity index (χ4n) is 4.16. The number of para-hydroxylation sites is 1. The molecule has 9 heteroatoms. The van der Waals surface area contributed by atoms with Crippen LogP contribution in [0.3, 0.4) is 0 Å². The topological polar surface area (TPSA) is 129 Å². The maximum absolute atomic E-state index is 13.4. The SMILES string of the molecule is O=C(Nc1ccccc1)c1ccc(C(=O)c2c[nH]c3ncnc(N[C@@H]4CC[C@H](CO)OC4)c23)cc1. The van der Waals surface area contributed by atoms with E-state index in [1.807, 2.05) is 30.3 Å². The van der Waals surface area contributed by atoms with Crippen LogP contribution in [-0.4, -0.2) is 57.1 Å². The molecule has 0 unspecified atom stereocenters. The number of ketones is 1. The largest absolute Gasteiger partial charge is 0.394 e. The van der Waals surface area contributed by atoms with Crippen LogP contribution < -0.4 is 10.6 Å². The van der Waals surface area contributed by atoms with Gasteiger partial charge in [-0.05, 0) is 37.1 Å². The molecule has 5 rings (SSSR count). The monoisotopic (exact) mass is 471 g/mol. The lowest BCUT2D eigenvalue weighted by Crippen LogP contribution is -2.36. The van der Waals surface area contributed by atoms with Gasteiger partial charge in [-0.2, -0.15) is 0 Å². The van der Waals surface area contributed by atoms with Crippen LogP contribution in [0, 0.1) is 0 Å². The fraction of sp³-hybridized carbons (Fsp3) is 0.231. The van der Waals surface area contributed by atoms with Gasteiger partial charge in [-0.25, -0.2) is 9.97 Å². The molecule has 0 spiro atoms. The zero-order valence-corrected chi connectivity index (χ0v) is 18.9. The van der Waals surface area contributed by atoms with Crippen LogP contribution in [-0.2, 0) is 4.74 Å². The van der Waals surface area contributed by atoms with Crippen molar-refractivity contribution in [3.05, 3.63) is 83.8 Å². The molecule has 0 aliphatic carbocycles. The first-order chi connectivity index (χ1) is 17.1. The van der Waals surface area contributed by atoms with Crippen LogP contribution in [0.5, 0.6) is 0 Å². The highest BCUT2D eigenvalue weighted by Gasteiger charge is 2.24. The standard InChI is InChI=1S/C26H25N5O4/c32-13-20-11-10-19(14-35-20)30-25-22-21(12-27-24(22)28-15-29-25)23(33)16-6-8-17(9-7-16)26(34)31-18-4-2-1-3-5-18/h1-9,12,15,19-20,32H,10-11,13-14H2,(H,31,34)(H2,27,28,29,30)/t19-,20-/m1/s1. The number of hydrogen-bond acceptors (Lipinski definition) is 7. The van der Waals surface area contributed by atoms with Gasteiger partial charge in [0.15, 0.2) is 5.78 Å². The molecule has 178 valence electrons. The van der Waals surface area contributed by atoms with Crippen molar-refractivity contribution < 1.29 is 19.4 Å². The molecule has 9 nitrogen and oxygen atoms in total. The number of carbonyl (C=O) groups is 2. The van der Waals surface area contributed by atoms with Crippen molar-refractivity contribution in [3.63, 3.8) is 0 Å². The van der Waals surface area contributed by atoms with E-state index in [4.69, 9.17) is 4.74 Å². The molecule has 0 bridgehead atoms. The summed E-state index contributed by atoms with van der Waals surface area (Å²) in [6.07, 6.45) is 4.49. The van der Waals surface area contributed by atoms with E-state index in [1.165, 1.54) is 6.33 Å². The van der Waals surface area contributed by atoms with E-state index in [0.29, 0.717) is 45.8 Å². The van der Waals surface area contributed by atoms with Gasteiger partial charge in [-0.3, -0.25) is 9.59 Å². The van der Waals surface area contributed by atoms with E-state index in [9.17, 15) is 14.7 Å². The van der Waals surface area contributed by atoms with Crippen LogP contribution >= 0.6 is 0 Å². The summed E-state index contributed by atoms with van der Waals surface area (Å²) in [5, 5.41) is 16.1. The van der Waals surface area contributed by atoms with Crippen molar-refractivity contribution in [2.45, 2.75) is 25.0 Å². The van der Waals surface area contributed by atoms with Crippen molar-refractivity contribution in [1.29, 1.82) is 0 Å². The zero-order valence-electron chi connectivity index (χ0n) is 18.9. The number of benzene rings is 2. The first kappa shape index (κ1) is 22.7. The predicted octanol–water partition coefficient (Wildman–Crippen LogP) is 3.39. The highest BCUT2D eigenvalue weighted by atomic mass is 16.5. The molecule has 35 heavy (non-hydrogen) atoms. The summed E-state index contributed by atoms with van der Waals surface area (Å²) in [5.74, 6) is 0.0965. The van der Waals surface area contributed by atoms with Gasteiger partial charge in [0.25, 0.3) is 5.91 Å². The number of nitrogens with one attached hydrogen (secondary N) is 3. The molecule has 1 aliphatic heterocycles. The number of carbonyl (C=O) groups excluding carboxylic acids is 2. The molecule has 4 aromatic rings. The number of H-pyrrole nitrogens is 1. The smallest absolute Gasteiger partial charge is 0.255 e. The number of aromatic nitrogens is 3. The molecule has 0 saturated carbocycles. The first-order valence-corrected chi connectivity index (χ1v) is 11.4. The second-order valence-electron chi connectivity index (χ2n) is 8.43. The summed E-state index contributed by atoms with van der Waals surface area (Å²) in [6, 6.07) is 15.7. The van der Waals surface area contributed by atoms with Gasteiger partial charge in [0.05, 0.1) is 36.3 Å². The summed E-state index contributed by atoms with van der Waals surface area (Å²) in [5.41, 5.74) is 2.59. The normalized spacial score (nSPS) is 17.7. The zero-order chi connectivity index (χ0) is 24.2. The maximum Gasteiger partial charge on any atom is 0.255 e. The summed E-state index contributed by atoms with van der Waals surface area (Å²) < 4.78 is 5.66. The number of anilines is 2. The molecule has 4 N–H and O–H groups in total. The Kier molecular flexibility index (Phi) is 6.51. The molecule has 2 aromatic heterocycles. The van der Waals surface area contributed by atoms with Gasteiger partial charge in [0.1, 0.15) is 17.8 Å². The van der Waals surface area contributed by atoms with Gasteiger partial charge in [-0.1, -0.05) is 30.3 Å². The Morgan fingerprint density at radius 2 is 1.80 bits per heavy atom. The van der Waals surface area contributed by atoms with E-state index in [0.717, 1.165) is 12.8 Å². The fourth-order valence-corrected chi connectivity index (χ4v) is 4.16. The summed E-state index contributed by atoms with van der Waals surface area (Å²) >= 11 is 0. The highest BCUT2D eigenvalue weighted by molar-refractivity contribution is 6.18. The van der Waals surface area contributed by atoms with E-state index < -0.39 is 0 Å². The second kappa shape index (κ2) is 10.0. The predicted molar refractivity (Wildman–Crippen MR) is 132 cm³/mol. The lowest BCUT2D eigenvalue weighted by atomic mass is 10.0. The number of nitrogens with zero attached hydrogens (tertiary/aromatic N) is 2. The minimum Gasteiger partial charge on any atom is -0.394 e. The van der Waals surface area contributed by atoms with E-state index in [-0.39, 0.29) is 30.4 Å². The van der Waals surface area contributed by atoms with E-state index in [2.05, 4.69) is 25.6 Å². The van der Waals surface area contributed by atoms with Crippen LogP contribution in [0.1, 0.15) is 39.1 Å². The minimum atomic E-state index is -0.250. The molecule has 0 radical (unpaired) electrons. The van der Waals surface area contributed by atoms with Crippen molar-refractivity contribution in [2.75, 3.05) is 23.8 Å². The Bertz CT molecular complexity index is 1330. The highest BCUT2D eigenvalue weighted by Crippen LogP contribution is 2.27. The van der Waals surface area contributed by atoms with Gasteiger partial charge in [0.2, 0.25) is 0 Å². The second-order valence-corrected chi connectivity index (χ2v) is 8.43. The molecule has 3 heterocycles. The summed E-state index contributed by atoms with van der Waals surface area (Å²) in [7, 11) is 0. The van der Waals surface area contributed by atoms with Crippen molar-refractivity contribution in [1.82, 2.24) is 15.0 Å². The van der Waals surface area contributed by atoms with Crippen LogP contribution in [0.4, 0.5) is 11.5 Å². The van der Waals surface area contributed by atoms with Crippen molar-refractivity contribution in [3.8, 4) is 0 Å². The molecule has 1 fully saturated rings. The lowest BCUT2D eigenvalue weighted by Gasteiger charge is -2.29. The summed E-state index contributed by atoms with van der Waals surface area (Å²) in [6.45, 7) is 0.449. The lowest BCUT2D eigenvalue weighted by molar-refractivity contribution is -0.0224. The van der Waals surface area contributed by atoms with Crippen LogP contribution in [0.25, 0.3) is 11.0 Å². The van der Waals surface area contributed by atoms with Gasteiger partial charge in [0, 0.05) is 23.0 Å². The third kappa shape index (κ3) is 4.91. The molecule has 2 atom stereocenters. The number of ether oxygens (including phenoxy) is 1. The van der Waals surface area contributed by atoms with Gasteiger partial charge < -0.3 is 25.5 Å². The Hall–Kier alpha value is -4.08. The van der Waals surface area contributed by atoms with Crippen molar-refractivity contribution >= 4 is 34.2 Å². The number of aliphatic hydroxyl groups excluding tert-OH is 1. The minimum absolute atomic E-state index is 0.00758. The average molecular weight is 472 g/mol. The number of rotatable bonds is 7. The number of hydrogen-bond donors (Lipinski definition) is 4. The van der Waals surface area contributed by atoms with Crippen molar-refractivity contribution in [2.24, 2.45) is 0 Å².